The van der Waals surface area contributed by atoms with Gasteiger partial charge in [0.2, 0.25) is 0 Å². The Morgan fingerprint density at radius 2 is 1.37 bits per heavy atom. The molecule has 2 atom stereocenters. The van der Waals surface area contributed by atoms with E-state index in [1.807, 2.05) is 48.5 Å². The molecule has 0 aliphatic rings. The monoisotopic (exact) mass is 444 g/mol. The van der Waals surface area contributed by atoms with E-state index in [0.717, 1.165) is 17.2 Å². The van der Waals surface area contributed by atoms with Crippen molar-refractivity contribution in [1.29, 1.82) is 0 Å². The summed E-state index contributed by atoms with van der Waals surface area (Å²) in [6.45, 7) is 0. The van der Waals surface area contributed by atoms with Gasteiger partial charge in [0.1, 0.15) is 5.69 Å². The lowest BCUT2D eigenvalue weighted by Gasteiger charge is -2.39. The molecule has 0 bridgehead atoms. The van der Waals surface area contributed by atoms with Gasteiger partial charge < -0.3 is 15.6 Å². The van der Waals surface area contributed by atoms with Gasteiger partial charge in [0.15, 0.2) is 0 Å². The van der Waals surface area contributed by atoms with Gasteiger partial charge in [0.25, 0.3) is 0 Å². The highest BCUT2D eigenvalue weighted by Gasteiger charge is 2.26. The normalized spacial score (nSPS) is 13.3. The second-order valence-electron chi connectivity index (χ2n) is 6.47. The van der Waals surface area contributed by atoms with Crippen LogP contribution in [-0.2, 0) is 0 Å². The minimum atomic E-state index is -0.893. The molecule has 0 radical (unpaired) electrons. The molecular formula is C22H18Cl2N2O4-2. The number of nitrogens with zero attached hydrogens (tertiary/aromatic N) is 2. The molecule has 8 heteroatoms. The fourth-order valence-electron chi connectivity index (χ4n) is 3.01. The SMILES string of the molecule is [O-]N([O-])c1cc(N(O)O)c([C@@H](Cl)[C@H](Cl)c2ccccc2)cc1C=Cc1ccccc1. The van der Waals surface area contributed by atoms with Crippen molar-refractivity contribution in [3.05, 3.63) is 105 Å². The van der Waals surface area contributed by atoms with Gasteiger partial charge in [-0.1, -0.05) is 72.8 Å². The van der Waals surface area contributed by atoms with Crippen LogP contribution < -0.4 is 10.5 Å². The molecule has 0 heterocycles. The van der Waals surface area contributed by atoms with E-state index in [0.29, 0.717) is 0 Å². The van der Waals surface area contributed by atoms with Crippen molar-refractivity contribution in [3.63, 3.8) is 0 Å². The van der Waals surface area contributed by atoms with Gasteiger partial charge in [-0.05, 0) is 28.8 Å². The first kappa shape index (κ1) is 22.1. The quantitative estimate of drug-likeness (QED) is 0.245. The van der Waals surface area contributed by atoms with E-state index in [1.54, 1.807) is 24.3 Å². The minimum Gasteiger partial charge on any atom is -0.769 e. The first-order chi connectivity index (χ1) is 14.4. The Kier molecular flexibility index (Phi) is 7.33. The van der Waals surface area contributed by atoms with Gasteiger partial charge in [-0.15, -0.1) is 28.4 Å². The van der Waals surface area contributed by atoms with Gasteiger partial charge in [0, 0.05) is 11.3 Å². The molecule has 0 aromatic heterocycles. The van der Waals surface area contributed by atoms with Crippen molar-refractivity contribution in [2.24, 2.45) is 0 Å². The Hall–Kier alpha value is -2.58. The predicted molar refractivity (Wildman–Crippen MR) is 121 cm³/mol. The summed E-state index contributed by atoms with van der Waals surface area (Å²) in [6.07, 6.45) is 3.30. The van der Waals surface area contributed by atoms with Crippen LogP contribution in [0.3, 0.4) is 0 Å². The molecule has 0 fully saturated rings. The summed E-state index contributed by atoms with van der Waals surface area (Å²) in [6, 6.07) is 20.8. The molecule has 0 spiro atoms. The second kappa shape index (κ2) is 9.95. The van der Waals surface area contributed by atoms with E-state index >= 15 is 0 Å². The molecular weight excluding hydrogens is 427 g/mol. The maximum absolute atomic E-state index is 11.6. The molecule has 6 nitrogen and oxygen atoms in total. The molecule has 0 unspecified atom stereocenters. The van der Waals surface area contributed by atoms with E-state index in [4.69, 9.17) is 23.2 Å². The molecule has 0 saturated heterocycles. The van der Waals surface area contributed by atoms with Crippen molar-refractivity contribution < 1.29 is 10.4 Å². The Morgan fingerprint density at radius 3 is 1.93 bits per heavy atom. The fraction of sp³-hybridized carbons (Fsp3) is 0.0909. The molecule has 0 aliphatic carbocycles. The number of hydrogen-bond donors (Lipinski definition) is 2. The maximum Gasteiger partial charge on any atom is 0.101 e. The third-order valence-corrected chi connectivity index (χ3v) is 5.64. The van der Waals surface area contributed by atoms with Crippen molar-refractivity contribution in [2.45, 2.75) is 10.8 Å². The summed E-state index contributed by atoms with van der Waals surface area (Å²) in [4.78, 5) is 0. The molecule has 0 aliphatic heterocycles. The van der Waals surface area contributed by atoms with Gasteiger partial charge in [-0.2, -0.15) is 0 Å². The van der Waals surface area contributed by atoms with Crippen LogP contribution in [0.1, 0.15) is 33.0 Å². The van der Waals surface area contributed by atoms with Crippen molar-refractivity contribution >= 4 is 46.7 Å². The van der Waals surface area contributed by atoms with Gasteiger partial charge in [-0.25, -0.2) is 0 Å². The van der Waals surface area contributed by atoms with Crippen LogP contribution in [0.4, 0.5) is 11.4 Å². The van der Waals surface area contributed by atoms with E-state index in [1.165, 1.54) is 6.07 Å². The molecule has 3 rings (SSSR count). The number of rotatable bonds is 7. The molecule has 3 aromatic rings. The standard InChI is InChI=1S/C22H18Cl2N2O4/c23-21(16-9-5-2-6-10-16)22(24)18-13-17(12-11-15-7-3-1-4-8-15)19(25(27)28)14-20(18)26(29)30/h1-14,21-22,29-30H/q-2/t21-,22-/m1/s1. The first-order valence-corrected chi connectivity index (χ1v) is 9.82. The molecule has 30 heavy (non-hydrogen) atoms. The van der Waals surface area contributed by atoms with Crippen LogP contribution in [0.2, 0.25) is 0 Å². The zero-order chi connectivity index (χ0) is 21.7. The number of benzene rings is 3. The number of hydrogen-bond acceptors (Lipinski definition) is 6. The summed E-state index contributed by atoms with van der Waals surface area (Å²) in [7, 11) is 0. The van der Waals surface area contributed by atoms with Crippen LogP contribution in [0.25, 0.3) is 12.2 Å². The number of halogens is 2. The Labute approximate surface area is 183 Å². The van der Waals surface area contributed by atoms with E-state index in [-0.39, 0.29) is 27.7 Å². The van der Waals surface area contributed by atoms with Gasteiger partial charge in [0.05, 0.1) is 10.8 Å². The minimum absolute atomic E-state index is 0.184. The highest BCUT2D eigenvalue weighted by Crippen LogP contribution is 2.45. The van der Waals surface area contributed by atoms with Crippen LogP contribution in [-0.4, -0.2) is 10.4 Å². The largest absolute Gasteiger partial charge is 0.769 e. The summed E-state index contributed by atoms with van der Waals surface area (Å²) in [5.74, 6) is 0. The Balaban J connectivity index is 2.08. The van der Waals surface area contributed by atoms with Gasteiger partial charge >= 0.3 is 0 Å². The lowest BCUT2D eigenvalue weighted by molar-refractivity contribution is 0.0286. The highest BCUT2D eigenvalue weighted by atomic mass is 35.5. The number of alkyl halides is 2. The summed E-state index contributed by atoms with van der Waals surface area (Å²) in [5, 5.41) is 40.1. The topological polar surface area (TPSA) is 93.1 Å². The first-order valence-electron chi connectivity index (χ1n) is 8.95. The Bertz CT molecular complexity index is 999. The fourth-order valence-corrected chi connectivity index (χ4v) is 3.61. The average molecular weight is 445 g/mol. The van der Waals surface area contributed by atoms with E-state index < -0.39 is 16.0 Å². The molecule has 0 saturated carbocycles. The van der Waals surface area contributed by atoms with Crippen LogP contribution in [0.15, 0.2) is 72.8 Å². The van der Waals surface area contributed by atoms with Crippen molar-refractivity contribution in [1.82, 2.24) is 0 Å². The lowest BCUT2D eigenvalue weighted by Crippen LogP contribution is -2.17. The van der Waals surface area contributed by atoms with E-state index in [2.05, 4.69) is 0 Å². The third-order valence-electron chi connectivity index (χ3n) is 4.52. The molecule has 156 valence electrons. The predicted octanol–water partition coefficient (Wildman–Crippen LogP) is 6.50. The van der Waals surface area contributed by atoms with Crippen LogP contribution in [0.5, 0.6) is 0 Å². The van der Waals surface area contributed by atoms with Crippen LogP contribution >= 0.6 is 23.2 Å². The average Bonchev–Trinajstić information content (AvgIpc) is 2.77. The highest BCUT2D eigenvalue weighted by molar-refractivity contribution is 6.30. The van der Waals surface area contributed by atoms with Gasteiger partial charge in [-0.3, -0.25) is 10.4 Å². The lowest BCUT2D eigenvalue weighted by atomic mass is 9.98. The van der Waals surface area contributed by atoms with Crippen molar-refractivity contribution in [2.75, 3.05) is 10.5 Å². The zero-order valence-corrected chi connectivity index (χ0v) is 17.1. The molecule has 2 N–H and O–H groups in total. The van der Waals surface area contributed by atoms with Crippen LogP contribution in [0, 0.1) is 10.4 Å². The number of anilines is 2. The third kappa shape index (κ3) is 5.12. The summed E-state index contributed by atoms with van der Waals surface area (Å²) >= 11 is 13.1. The van der Waals surface area contributed by atoms with Crippen molar-refractivity contribution in [3.8, 4) is 0 Å². The molecule has 0 amide bonds. The summed E-state index contributed by atoms with van der Waals surface area (Å²) in [5.41, 5.74) is 1.55. The zero-order valence-electron chi connectivity index (χ0n) is 15.6. The Morgan fingerprint density at radius 1 is 0.767 bits per heavy atom. The second-order valence-corrected chi connectivity index (χ2v) is 7.42. The van der Waals surface area contributed by atoms with E-state index in [9.17, 15) is 20.8 Å². The summed E-state index contributed by atoms with van der Waals surface area (Å²) < 4.78 is 0. The smallest absolute Gasteiger partial charge is 0.101 e. The maximum atomic E-state index is 11.6. The molecule has 3 aromatic carbocycles.